The molecule has 5 nitrogen and oxygen atoms in total. The van der Waals surface area contributed by atoms with Crippen LogP contribution in [0.2, 0.25) is 0 Å². The number of hydrogen-bond acceptors (Lipinski definition) is 6. The molecule has 98 valence electrons. The summed E-state index contributed by atoms with van der Waals surface area (Å²) in [6, 6.07) is 1.88. The van der Waals surface area contributed by atoms with Crippen LogP contribution in [-0.2, 0) is 0 Å². The van der Waals surface area contributed by atoms with Gasteiger partial charge in [0.05, 0.1) is 0 Å². The van der Waals surface area contributed by atoms with E-state index in [2.05, 4.69) is 20.7 Å². The first-order chi connectivity index (χ1) is 8.85. The first-order valence-electron chi connectivity index (χ1n) is 6.56. The third kappa shape index (κ3) is 2.87. The molecular weight excluding hydrogens is 246 g/mol. The maximum absolute atomic E-state index is 5.45. The molecule has 18 heavy (non-hydrogen) atoms. The van der Waals surface area contributed by atoms with Crippen molar-refractivity contribution in [3.8, 4) is 0 Å². The second kappa shape index (κ2) is 5.32. The van der Waals surface area contributed by atoms with Crippen LogP contribution < -0.4 is 16.6 Å². The smallest absolute Gasteiger partial charge is 0.145 e. The number of nitrogens with two attached hydrogens (primary N) is 1. The van der Waals surface area contributed by atoms with Crippen LogP contribution in [0.15, 0.2) is 6.07 Å². The Morgan fingerprint density at radius 1 is 1.28 bits per heavy atom. The number of anilines is 2. The first-order valence-corrected chi connectivity index (χ1v) is 7.61. The minimum Gasteiger partial charge on any atom is -0.369 e. The highest BCUT2D eigenvalue weighted by Gasteiger charge is 2.27. The van der Waals surface area contributed by atoms with Crippen molar-refractivity contribution in [3.63, 3.8) is 0 Å². The van der Waals surface area contributed by atoms with Gasteiger partial charge in [-0.1, -0.05) is 0 Å². The van der Waals surface area contributed by atoms with Gasteiger partial charge >= 0.3 is 0 Å². The average molecular weight is 265 g/mol. The maximum Gasteiger partial charge on any atom is 0.145 e. The molecular formula is C12H19N5S. The van der Waals surface area contributed by atoms with Crippen LogP contribution in [-0.4, -0.2) is 27.5 Å². The molecule has 1 unspecified atom stereocenters. The molecule has 3 rings (SSSR count). The Labute approximate surface area is 111 Å². The van der Waals surface area contributed by atoms with Crippen LogP contribution in [0, 0.1) is 0 Å². The zero-order valence-electron chi connectivity index (χ0n) is 10.4. The average Bonchev–Trinajstić information content (AvgIpc) is 3.13. The fraction of sp³-hybridized carbons (Fsp3) is 0.667. The Hall–Kier alpha value is -1.01. The lowest BCUT2D eigenvalue weighted by molar-refractivity contribution is 0.801. The largest absolute Gasteiger partial charge is 0.369 e. The van der Waals surface area contributed by atoms with Crippen molar-refractivity contribution in [3.05, 3.63) is 11.9 Å². The SMILES string of the molecule is NNc1cc(NCC2CCCS2)nc(C2CC2)n1. The Morgan fingerprint density at radius 2 is 2.11 bits per heavy atom. The van der Waals surface area contributed by atoms with E-state index in [1.165, 1.54) is 31.4 Å². The second-order valence-electron chi connectivity index (χ2n) is 4.93. The third-order valence-electron chi connectivity index (χ3n) is 3.37. The number of aromatic nitrogens is 2. The van der Waals surface area contributed by atoms with Gasteiger partial charge in [0.25, 0.3) is 0 Å². The highest BCUT2D eigenvalue weighted by molar-refractivity contribution is 8.00. The van der Waals surface area contributed by atoms with Crippen LogP contribution in [0.5, 0.6) is 0 Å². The Kier molecular flexibility index (Phi) is 3.56. The molecule has 1 aromatic heterocycles. The molecule has 2 fully saturated rings. The summed E-state index contributed by atoms with van der Waals surface area (Å²) < 4.78 is 0. The van der Waals surface area contributed by atoms with E-state index in [1.807, 2.05) is 17.8 Å². The van der Waals surface area contributed by atoms with Crippen molar-refractivity contribution < 1.29 is 0 Å². The standard InChI is InChI=1S/C12H19N5S/c13-17-11-6-10(14-7-9-2-1-5-18-9)15-12(16-11)8-3-4-8/h6,8-9H,1-5,7,13H2,(H2,14,15,16,17). The first kappa shape index (κ1) is 12.0. The molecule has 4 N–H and O–H groups in total. The minimum absolute atomic E-state index is 0.541. The number of nitrogen functional groups attached to an aromatic ring is 1. The fourth-order valence-corrected chi connectivity index (χ4v) is 3.38. The topological polar surface area (TPSA) is 75.9 Å². The van der Waals surface area contributed by atoms with Gasteiger partial charge in [-0.3, -0.25) is 0 Å². The number of hydrogen-bond donors (Lipinski definition) is 3. The van der Waals surface area contributed by atoms with E-state index in [-0.39, 0.29) is 0 Å². The number of nitrogens with zero attached hydrogens (tertiary/aromatic N) is 2. The quantitative estimate of drug-likeness (QED) is 0.558. The molecule has 0 radical (unpaired) electrons. The van der Waals surface area contributed by atoms with Gasteiger partial charge in [-0.25, -0.2) is 15.8 Å². The molecule has 1 aliphatic heterocycles. The molecule has 0 spiro atoms. The highest BCUT2D eigenvalue weighted by atomic mass is 32.2. The summed E-state index contributed by atoms with van der Waals surface area (Å²) in [5.41, 5.74) is 2.62. The van der Waals surface area contributed by atoms with Gasteiger partial charge < -0.3 is 10.7 Å². The van der Waals surface area contributed by atoms with Gasteiger partial charge in [0.1, 0.15) is 17.5 Å². The molecule has 1 saturated heterocycles. The van der Waals surface area contributed by atoms with E-state index in [9.17, 15) is 0 Å². The number of nitrogens with one attached hydrogen (secondary N) is 2. The van der Waals surface area contributed by atoms with Crippen LogP contribution in [0.4, 0.5) is 11.6 Å². The van der Waals surface area contributed by atoms with E-state index in [0.29, 0.717) is 11.7 Å². The molecule has 0 amide bonds. The zero-order chi connectivity index (χ0) is 12.4. The van der Waals surface area contributed by atoms with Crippen LogP contribution >= 0.6 is 11.8 Å². The summed E-state index contributed by atoms with van der Waals surface area (Å²) in [4.78, 5) is 8.98. The number of hydrazine groups is 1. The second-order valence-corrected chi connectivity index (χ2v) is 6.34. The lowest BCUT2D eigenvalue weighted by Gasteiger charge is -2.12. The van der Waals surface area contributed by atoms with E-state index in [1.54, 1.807) is 0 Å². The number of rotatable bonds is 5. The van der Waals surface area contributed by atoms with E-state index in [4.69, 9.17) is 5.84 Å². The zero-order valence-corrected chi connectivity index (χ0v) is 11.2. The maximum atomic E-state index is 5.45. The van der Waals surface area contributed by atoms with Crippen molar-refractivity contribution in [2.45, 2.75) is 36.9 Å². The van der Waals surface area contributed by atoms with E-state index >= 15 is 0 Å². The molecule has 2 heterocycles. The lowest BCUT2D eigenvalue weighted by Crippen LogP contribution is -2.16. The molecule has 1 aromatic rings. The van der Waals surface area contributed by atoms with Gasteiger partial charge in [0.2, 0.25) is 0 Å². The van der Waals surface area contributed by atoms with Crippen LogP contribution in [0.3, 0.4) is 0 Å². The molecule has 1 aliphatic carbocycles. The van der Waals surface area contributed by atoms with Gasteiger partial charge in [-0.15, -0.1) is 0 Å². The van der Waals surface area contributed by atoms with Crippen molar-refractivity contribution in [2.24, 2.45) is 5.84 Å². The lowest BCUT2D eigenvalue weighted by atomic mass is 10.2. The van der Waals surface area contributed by atoms with Gasteiger partial charge in [-0.05, 0) is 31.4 Å². The van der Waals surface area contributed by atoms with Gasteiger partial charge in [0.15, 0.2) is 0 Å². The Bertz CT molecular complexity index is 415. The van der Waals surface area contributed by atoms with E-state index < -0.39 is 0 Å². The molecule has 2 aliphatic rings. The summed E-state index contributed by atoms with van der Waals surface area (Å²) in [6.07, 6.45) is 5.04. The highest BCUT2D eigenvalue weighted by Crippen LogP contribution is 2.38. The molecule has 0 bridgehead atoms. The molecule has 1 saturated carbocycles. The molecule has 0 aromatic carbocycles. The summed E-state index contributed by atoms with van der Waals surface area (Å²) in [5, 5.41) is 4.14. The number of thioether (sulfide) groups is 1. The molecule has 6 heteroatoms. The predicted molar refractivity (Wildman–Crippen MR) is 75.8 cm³/mol. The summed E-state index contributed by atoms with van der Waals surface area (Å²) in [6.45, 7) is 0.982. The van der Waals surface area contributed by atoms with E-state index in [0.717, 1.165) is 23.4 Å². The van der Waals surface area contributed by atoms with Crippen molar-refractivity contribution in [1.29, 1.82) is 0 Å². The Morgan fingerprint density at radius 3 is 2.78 bits per heavy atom. The van der Waals surface area contributed by atoms with Gasteiger partial charge in [0, 0.05) is 23.8 Å². The normalized spacial score (nSPS) is 23.1. The van der Waals surface area contributed by atoms with Crippen molar-refractivity contribution in [2.75, 3.05) is 23.0 Å². The summed E-state index contributed by atoms with van der Waals surface area (Å²) in [5.74, 6) is 9.81. The van der Waals surface area contributed by atoms with Crippen LogP contribution in [0.25, 0.3) is 0 Å². The van der Waals surface area contributed by atoms with Gasteiger partial charge in [-0.2, -0.15) is 11.8 Å². The van der Waals surface area contributed by atoms with Crippen LogP contribution in [0.1, 0.15) is 37.4 Å². The summed E-state index contributed by atoms with van der Waals surface area (Å²) >= 11 is 2.05. The van der Waals surface area contributed by atoms with Crippen molar-refractivity contribution >= 4 is 23.4 Å². The fourth-order valence-electron chi connectivity index (χ4n) is 2.18. The summed E-state index contributed by atoms with van der Waals surface area (Å²) in [7, 11) is 0. The Balaban J connectivity index is 1.67. The third-order valence-corrected chi connectivity index (χ3v) is 4.77. The van der Waals surface area contributed by atoms with Crippen molar-refractivity contribution in [1.82, 2.24) is 9.97 Å². The minimum atomic E-state index is 0.541. The molecule has 1 atom stereocenters. The monoisotopic (exact) mass is 265 g/mol. The predicted octanol–water partition coefficient (Wildman–Crippen LogP) is 1.95.